The summed E-state index contributed by atoms with van der Waals surface area (Å²) in [4.78, 5) is 0. The molecule has 0 aliphatic carbocycles. The number of phenolic OH excluding ortho intramolecular Hbond substituents is 1. The Morgan fingerprint density at radius 1 is 1.50 bits per heavy atom. The lowest BCUT2D eigenvalue weighted by Gasteiger charge is -2.06. The van der Waals surface area contributed by atoms with Crippen LogP contribution in [0.2, 0.25) is 0 Å². The second kappa shape index (κ2) is 5.89. The van der Waals surface area contributed by atoms with E-state index in [0.717, 1.165) is 25.1 Å². The number of alkyl halides is 1. The van der Waals surface area contributed by atoms with Crippen LogP contribution in [0.3, 0.4) is 0 Å². The van der Waals surface area contributed by atoms with Gasteiger partial charge in [0.15, 0.2) is 0 Å². The van der Waals surface area contributed by atoms with Gasteiger partial charge in [-0.2, -0.15) is 0 Å². The van der Waals surface area contributed by atoms with Crippen LogP contribution in [0.25, 0.3) is 0 Å². The van der Waals surface area contributed by atoms with Gasteiger partial charge in [0, 0.05) is 11.9 Å². The first-order chi connectivity index (χ1) is 6.68. The second-order valence-corrected chi connectivity index (χ2v) is 4.16. The van der Waals surface area contributed by atoms with E-state index in [9.17, 15) is 5.11 Å². The number of benzene rings is 1. The maximum Gasteiger partial charge on any atom is 0.115 e. The zero-order valence-electron chi connectivity index (χ0n) is 8.33. The molecule has 0 aliphatic rings. The fourth-order valence-electron chi connectivity index (χ4n) is 1.20. The molecule has 0 radical (unpaired) electrons. The molecule has 0 aliphatic heterocycles. The van der Waals surface area contributed by atoms with Gasteiger partial charge in [-0.25, -0.2) is 0 Å². The summed E-state index contributed by atoms with van der Waals surface area (Å²) >= 11 is 5.80. The number of rotatable bonds is 5. The van der Waals surface area contributed by atoms with Gasteiger partial charge in [-0.15, -0.1) is 11.6 Å². The summed E-state index contributed by atoms with van der Waals surface area (Å²) in [6.45, 7) is 3.66. The van der Waals surface area contributed by atoms with Gasteiger partial charge in [0.1, 0.15) is 5.75 Å². The fraction of sp³-hybridized carbons (Fsp3) is 0.455. The first kappa shape index (κ1) is 11.3. The zero-order valence-corrected chi connectivity index (χ0v) is 9.09. The highest BCUT2D eigenvalue weighted by Gasteiger charge is 1.96. The molecule has 0 bridgehead atoms. The number of hydrogen-bond acceptors (Lipinski definition) is 2. The van der Waals surface area contributed by atoms with Crippen LogP contribution in [-0.4, -0.2) is 17.0 Å². The summed E-state index contributed by atoms with van der Waals surface area (Å²) in [5.41, 5.74) is 1.09. The third-order valence-electron chi connectivity index (χ3n) is 1.96. The molecule has 0 saturated heterocycles. The van der Waals surface area contributed by atoms with E-state index in [1.165, 1.54) is 0 Å². The molecule has 1 aromatic rings. The minimum atomic E-state index is 0.215. The third kappa shape index (κ3) is 4.49. The van der Waals surface area contributed by atoms with Crippen molar-refractivity contribution in [1.82, 2.24) is 5.32 Å². The highest BCUT2D eigenvalue weighted by atomic mass is 35.5. The van der Waals surface area contributed by atoms with Gasteiger partial charge in [0.05, 0.1) is 0 Å². The average Bonchev–Trinajstić information content (AvgIpc) is 2.12. The van der Waals surface area contributed by atoms with E-state index in [2.05, 4.69) is 5.32 Å². The largest absolute Gasteiger partial charge is 0.508 e. The molecular formula is C11H16ClNO. The highest BCUT2D eigenvalue weighted by molar-refractivity contribution is 6.20. The molecule has 14 heavy (non-hydrogen) atoms. The van der Waals surface area contributed by atoms with E-state index in [1.807, 2.05) is 19.1 Å². The van der Waals surface area contributed by atoms with E-state index in [4.69, 9.17) is 11.6 Å². The Labute approximate surface area is 89.9 Å². The van der Waals surface area contributed by atoms with Crippen LogP contribution in [-0.2, 0) is 6.54 Å². The Morgan fingerprint density at radius 3 is 2.93 bits per heavy atom. The van der Waals surface area contributed by atoms with Gasteiger partial charge in [0.25, 0.3) is 0 Å². The van der Waals surface area contributed by atoms with Crippen molar-refractivity contribution in [2.75, 3.05) is 6.54 Å². The quantitative estimate of drug-likeness (QED) is 0.582. The Hall–Kier alpha value is -0.730. The first-order valence-corrected chi connectivity index (χ1v) is 5.25. The molecule has 78 valence electrons. The maximum atomic E-state index is 9.21. The summed E-state index contributed by atoms with van der Waals surface area (Å²) < 4.78 is 0. The van der Waals surface area contributed by atoms with Crippen molar-refractivity contribution in [3.63, 3.8) is 0 Å². The molecule has 0 saturated carbocycles. The van der Waals surface area contributed by atoms with Crippen molar-refractivity contribution in [3.05, 3.63) is 29.8 Å². The number of aromatic hydroxyl groups is 1. The summed E-state index contributed by atoms with van der Waals surface area (Å²) in [6, 6.07) is 7.26. The molecule has 1 rings (SSSR count). The Kier molecular flexibility index (Phi) is 4.77. The molecule has 0 amide bonds. The van der Waals surface area contributed by atoms with Crippen LogP contribution < -0.4 is 5.32 Å². The van der Waals surface area contributed by atoms with Gasteiger partial charge in [-0.1, -0.05) is 12.1 Å². The number of halogens is 1. The lowest BCUT2D eigenvalue weighted by Crippen LogP contribution is -2.16. The standard InChI is InChI=1S/C11H16ClNO/c1-9(12)5-6-13-8-10-3-2-4-11(14)7-10/h2-4,7,9,13-14H,5-6,8H2,1H3. The SMILES string of the molecule is CC(Cl)CCNCc1cccc(O)c1. The molecule has 3 heteroatoms. The molecule has 2 N–H and O–H groups in total. The van der Waals surface area contributed by atoms with E-state index in [-0.39, 0.29) is 5.38 Å². The molecule has 0 fully saturated rings. The maximum absolute atomic E-state index is 9.21. The zero-order chi connectivity index (χ0) is 10.4. The number of hydrogen-bond donors (Lipinski definition) is 2. The van der Waals surface area contributed by atoms with Gasteiger partial charge < -0.3 is 10.4 Å². The van der Waals surface area contributed by atoms with Crippen LogP contribution in [0.15, 0.2) is 24.3 Å². The molecule has 1 aromatic carbocycles. The van der Waals surface area contributed by atoms with Gasteiger partial charge in [0.2, 0.25) is 0 Å². The van der Waals surface area contributed by atoms with Crippen LogP contribution in [0, 0.1) is 0 Å². The number of nitrogens with one attached hydrogen (secondary N) is 1. The smallest absolute Gasteiger partial charge is 0.115 e. The topological polar surface area (TPSA) is 32.3 Å². The number of phenols is 1. The lowest BCUT2D eigenvalue weighted by molar-refractivity contribution is 0.474. The van der Waals surface area contributed by atoms with Crippen molar-refractivity contribution in [2.45, 2.75) is 25.3 Å². The van der Waals surface area contributed by atoms with E-state index in [1.54, 1.807) is 12.1 Å². The Balaban J connectivity index is 2.25. The Morgan fingerprint density at radius 2 is 2.29 bits per heavy atom. The predicted molar refractivity (Wildman–Crippen MR) is 59.7 cm³/mol. The minimum absolute atomic E-state index is 0.215. The monoisotopic (exact) mass is 213 g/mol. The summed E-state index contributed by atoms with van der Waals surface area (Å²) in [5, 5.41) is 12.7. The summed E-state index contributed by atoms with van der Waals surface area (Å²) in [5.74, 6) is 0.315. The van der Waals surface area contributed by atoms with Crippen molar-refractivity contribution >= 4 is 11.6 Å². The molecule has 1 atom stereocenters. The van der Waals surface area contributed by atoms with E-state index in [0.29, 0.717) is 5.75 Å². The van der Waals surface area contributed by atoms with Crippen molar-refractivity contribution < 1.29 is 5.11 Å². The molecule has 0 heterocycles. The minimum Gasteiger partial charge on any atom is -0.508 e. The van der Waals surface area contributed by atoms with Crippen LogP contribution >= 0.6 is 11.6 Å². The molecular weight excluding hydrogens is 198 g/mol. The highest BCUT2D eigenvalue weighted by Crippen LogP contribution is 2.10. The van der Waals surface area contributed by atoms with Gasteiger partial charge in [-0.3, -0.25) is 0 Å². The van der Waals surface area contributed by atoms with Crippen LogP contribution in [0.4, 0.5) is 0 Å². The normalized spacial score (nSPS) is 12.7. The van der Waals surface area contributed by atoms with Crippen LogP contribution in [0.1, 0.15) is 18.9 Å². The van der Waals surface area contributed by atoms with E-state index >= 15 is 0 Å². The third-order valence-corrected chi connectivity index (χ3v) is 2.18. The average molecular weight is 214 g/mol. The second-order valence-electron chi connectivity index (χ2n) is 3.42. The molecule has 2 nitrogen and oxygen atoms in total. The van der Waals surface area contributed by atoms with Gasteiger partial charge in [-0.05, 0) is 37.6 Å². The summed E-state index contributed by atoms with van der Waals surface area (Å²) in [6.07, 6.45) is 0.959. The Bertz CT molecular complexity index is 276. The fourth-order valence-corrected chi connectivity index (χ4v) is 1.31. The molecule has 0 aromatic heterocycles. The van der Waals surface area contributed by atoms with Crippen molar-refractivity contribution in [1.29, 1.82) is 0 Å². The first-order valence-electron chi connectivity index (χ1n) is 4.81. The lowest BCUT2D eigenvalue weighted by atomic mass is 10.2. The van der Waals surface area contributed by atoms with E-state index < -0.39 is 0 Å². The van der Waals surface area contributed by atoms with Crippen LogP contribution in [0.5, 0.6) is 5.75 Å². The molecule has 1 unspecified atom stereocenters. The predicted octanol–water partition coefficient (Wildman–Crippen LogP) is 2.50. The van der Waals surface area contributed by atoms with Crippen molar-refractivity contribution in [3.8, 4) is 5.75 Å². The molecule has 0 spiro atoms. The van der Waals surface area contributed by atoms with Gasteiger partial charge >= 0.3 is 0 Å². The summed E-state index contributed by atoms with van der Waals surface area (Å²) in [7, 11) is 0. The van der Waals surface area contributed by atoms with Crippen molar-refractivity contribution in [2.24, 2.45) is 0 Å².